The summed E-state index contributed by atoms with van der Waals surface area (Å²) in [5.41, 5.74) is 2.42. The van der Waals surface area contributed by atoms with Gasteiger partial charge in [-0.3, -0.25) is 0 Å². The summed E-state index contributed by atoms with van der Waals surface area (Å²) in [5, 5.41) is 4.10. The Balaban J connectivity index is 2.10. The van der Waals surface area contributed by atoms with Crippen molar-refractivity contribution in [3.05, 3.63) is 22.2 Å². The first-order chi connectivity index (χ1) is 7.77. The molecule has 0 bridgehead atoms. The molecule has 2 heterocycles. The number of benzene rings is 1. The van der Waals surface area contributed by atoms with E-state index in [9.17, 15) is 0 Å². The fraction of sp³-hybridized carbons (Fsp3) is 0.500. The van der Waals surface area contributed by atoms with Crippen LogP contribution in [0.5, 0.6) is 11.5 Å². The number of hydrogen-bond acceptors (Lipinski definition) is 3. The SMILES string of the molecule is Cc1cc2c(c(Cl)c1C1CCNC1)OCO2. The van der Waals surface area contributed by atoms with Gasteiger partial charge in [0.25, 0.3) is 0 Å². The molecule has 2 aliphatic rings. The van der Waals surface area contributed by atoms with Gasteiger partial charge < -0.3 is 14.8 Å². The van der Waals surface area contributed by atoms with E-state index in [0.29, 0.717) is 11.7 Å². The molecule has 0 aliphatic carbocycles. The molecule has 16 heavy (non-hydrogen) atoms. The number of aryl methyl sites for hydroxylation is 1. The van der Waals surface area contributed by atoms with Crippen molar-refractivity contribution in [3.63, 3.8) is 0 Å². The number of halogens is 1. The second-order valence-corrected chi connectivity index (χ2v) is 4.72. The number of ether oxygens (including phenoxy) is 2. The van der Waals surface area contributed by atoms with Gasteiger partial charge in [0.2, 0.25) is 6.79 Å². The normalized spacial score (nSPS) is 22.8. The van der Waals surface area contributed by atoms with Crippen LogP contribution in [0.1, 0.15) is 23.5 Å². The zero-order valence-corrected chi connectivity index (χ0v) is 9.93. The molecule has 1 aromatic carbocycles. The number of hydrogen-bond donors (Lipinski definition) is 1. The van der Waals surface area contributed by atoms with Crippen LogP contribution in [-0.2, 0) is 0 Å². The average Bonchev–Trinajstić information content (AvgIpc) is 2.87. The first-order valence-electron chi connectivity index (χ1n) is 5.56. The Morgan fingerprint density at radius 3 is 3.06 bits per heavy atom. The van der Waals surface area contributed by atoms with Crippen LogP contribution in [0.15, 0.2) is 6.07 Å². The van der Waals surface area contributed by atoms with Crippen molar-refractivity contribution in [2.24, 2.45) is 0 Å². The maximum Gasteiger partial charge on any atom is 0.231 e. The zero-order valence-electron chi connectivity index (χ0n) is 9.18. The van der Waals surface area contributed by atoms with Crippen LogP contribution in [-0.4, -0.2) is 19.9 Å². The monoisotopic (exact) mass is 239 g/mol. The molecule has 0 amide bonds. The lowest BCUT2D eigenvalue weighted by Gasteiger charge is -2.15. The third-order valence-electron chi connectivity index (χ3n) is 3.32. The standard InChI is InChI=1S/C12H14ClNO2/c1-7-4-9-12(16-6-15-9)11(13)10(7)8-2-3-14-5-8/h4,8,14H,2-3,5-6H2,1H3. The fourth-order valence-electron chi connectivity index (χ4n) is 2.54. The topological polar surface area (TPSA) is 30.5 Å². The molecule has 1 unspecified atom stereocenters. The molecular weight excluding hydrogens is 226 g/mol. The third-order valence-corrected chi connectivity index (χ3v) is 3.69. The Morgan fingerprint density at radius 1 is 1.44 bits per heavy atom. The van der Waals surface area contributed by atoms with Crippen LogP contribution in [0.3, 0.4) is 0 Å². The zero-order chi connectivity index (χ0) is 11.1. The third kappa shape index (κ3) is 1.46. The Kier molecular flexibility index (Phi) is 2.45. The van der Waals surface area contributed by atoms with Crippen LogP contribution in [0.25, 0.3) is 0 Å². The van der Waals surface area contributed by atoms with Crippen LogP contribution < -0.4 is 14.8 Å². The predicted octanol–water partition coefficient (Wildman–Crippen LogP) is 2.45. The molecule has 3 nitrogen and oxygen atoms in total. The molecule has 4 heteroatoms. The van der Waals surface area contributed by atoms with Gasteiger partial charge in [0.1, 0.15) is 0 Å². The maximum absolute atomic E-state index is 6.41. The first kappa shape index (κ1) is 10.2. The summed E-state index contributed by atoms with van der Waals surface area (Å²) in [5.74, 6) is 1.99. The highest BCUT2D eigenvalue weighted by Gasteiger charge is 2.27. The Labute approximate surface area is 99.7 Å². The highest BCUT2D eigenvalue weighted by Crippen LogP contribution is 2.45. The Bertz CT molecular complexity index is 428. The van der Waals surface area contributed by atoms with Crippen molar-refractivity contribution >= 4 is 11.6 Å². The molecule has 1 saturated heterocycles. The van der Waals surface area contributed by atoms with E-state index in [4.69, 9.17) is 21.1 Å². The molecule has 0 spiro atoms. The van der Waals surface area contributed by atoms with Crippen LogP contribution in [0, 0.1) is 6.92 Å². The quantitative estimate of drug-likeness (QED) is 0.817. The average molecular weight is 240 g/mol. The van der Waals surface area contributed by atoms with Gasteiger partial charge in [-0.15, -0.1) is 0 Å². The summed E-state index contributed by atoms with van der Waals surface area (Å²) in [6, 6.07) is 2.03. The molecule has 3 rings (SSSR count). The van der Waals surface area contributed by atoms with Gasteiger partial charge in [0, 0.05) is 6.54 Å². The first-order valence-corrected chi connectivity index (χ1v) is 5.94. The lowest BCUT2D eigenvalue weighted by Crippen LogP contribution is -2.09. The van der Waals surface area contributed by atoms with E-state index in [0.717, 1.165) is 30.3 Å². The van der Waals surface area contributed by atoms with Crippen LogP contribution in [0.2, 0.25) is 5.02 Å². The molecule has 0 saturated carbocycles. The van der Waals surface area contributed by atoms with E-state index in [2.05, 4.69) is 12.2 Å². The van der Waals surface area contributed by atoms with E-state index in [1.165, 1.54) is 11.1 Å². The summed E-state index contributed by atoms with van der Waals surface area (Å²) < 4.78 is 10.8. The number of fused-ring (bicyclic) bond motifs is 1. The summed E-state index contributed by atoms with van der Waals surface area (Å²) in [6.45, 7) is 4.43. The second kappa shape index (κ2) is 3.82. The molecule has 2 aliphatic heterocycles. The number of nitrogens with one attached hydrogen (secondary N) is 1. The Hall–Kier alpha value is -0.930. The minimum absolute atomic E-state index is 0.279. The molecule has 0 aromatic heterocycles. The molecule has 1 N–H and O–H groups in total. The van der Waals surface area contributed by atoms with E-state index >= 15 is 0 Å². The van der Waals surface area contributed by atoms with Crippen molar-refractivity contribution in [2.75, 3.05) is 19.9 Å². The van der Waals surface area contributed by atoms with Gasteiger partial charge in [-0.2, -0.15) is 0 Å². The molecule has 86 valence electrons. The van der Waals surface area contributed by atoms with Gasteiger partial charge >= 0.3 is 0 Å². The maximum atomic E-state index is 6.41. The summed E-state index contributed by atoms with van der Waals surface area (Å²) >= 11 is 6.41. The summed E-state index contributed by atoms with van der Waals surface area (Å²) in [4.78, 5) is 0. The molecular formula is C12H14ClNO2. The van der Waals surface area contributed by atoms with Crippen molar-refractivity contribution in [1.29, 1.82) is 0 Å². The largest absolute Gasteiger partial charge is 0.454 e. The van der Waals surface area contributed by atoms with Gasteiger partial charge in [-0.05, 0) is 43.0 Å². The van der Waals surface area contributed by atoms with Gasteiger partial charge in [-0.1, -0.05) is 11.6 Å². The smallest absolute Gasteiger partial charge is 0.231 e. The van der Waals surface area contributed by atoms with Gasteiger partial charge in [0.05, 0.1) is 5.02 Å². The van der Waals surface area contributed by atoms with Crippen LogP contribution in [0.4, 0.5) is 0 Å². The fourth-order valence-corrected chi connectivity index (χ4v) is 2.99. The van der Waals surface area contributed by atoms with Crippen molar-refractivity contribution in [2.45, 2.75) is 19.3 Å². The van der Waals surface area contributed by atoms with Gasteiger partial charge in [-0.25, -0.2) is 0 Å². The van der Waals surface area contributed by atoms with Crippen molar-refractivity contribution in [3.8, 4) is 11.5 Å². The van der Waals surface area contributed by atoms with E-state index in [1.54, 1.807) is 0 Å². The Morgan fingerprint density at radius 2 is 2.31 bits per heavy atom. The second-order valence-electron chi connectivity index (χ2n) is 4.34. The lowest BCUT2D eigenvalue weighted by atomic mass is 9.93. The van der Waals surface area contributed by atoms with E-state index in [-0.39, 0.29) is 6.79 Å². The van der Waals surface area contributed by atoms with Crippen LogP contribution >= 0.6 is 11.6 Å². The van der Waals surface area contributed by atoms with Gasteiger partial charge in [0.15, 0.2) is 11.5 Å². The molecule has 1 atom stereocenters. The number of rotatable bonds is 1. The van der Waals surface area contributed by atoms with E-state index in [1.807, 2.05) is 6.07 Å². The van der Waals surface area contributed by atoms with Crippen molar-refractivity contribution < 1.29 is 9.47 Å². The summed E-state index contributed by atoms with van der Waals surface area (Å²) in [6.07, 6.45) is 1.14. The molecule has 1 aromatic rings. The molecule has 0 radical (unpaired) electrons. The lowest BCUT2D eigenvalue weighted by molar-refractivity contribution is 0.174. The van der Waals surface area contributed by atoms with Crippen molar-refractivity contribution in [1.82, 2.24) is 5.32 Å². The highest BCUT2D eigenvalue weighted by molar-refractivity contribution is 6.33. The molecule has 1 fully saturated rings. The minimum Gasteiger partial charge on any atom is -0.454 e. The summed E-state index contributed by atoms with van der Waals surface area (Å²) in [7, 11) is 0. The minimum atomic E-state index is 0.279. The van der Waals surface area contributed by atoms with E-state index < -0.39 is 0 Å². The predicted molar refractivity (Wildman–Crippen MR) is 62.5 cm³/mol. The highest BCUT2D eigenvalue weighted by atomic mass is 35.5.